The fraction of sp³-hybridized carbons (Fsp3) is 0.765. The third kappa shape index (κ3) is 2.73. The van der Waals surface area contributed by atoms with Crippen LogP contribution in [0.15, 0.2) is 6.20 Å². The van der Waals surface area contributed by atoms with E-state index in [1.165, 1.54) is 56.2 Å². The van der Waals surface area contributed by atoms with Gasteiger partial charge >= 0.3 is 0 Å². The molecule has 0 radical (unpaired) electrons. The van der Waals surface area contributed by atoms with Gasteiger partial charge in [-0.15, -0.1) is 0 Å². The molecule has 20 heavy (non-hydrogen) atoms. The van der Waals surface area contributed by atoms with Crippen molar-refractivity contribution in [3.05, 3.63) is 23.3 Å². The van der Waals surface area contributed by atoms with Crippen molar-refractivity contribution in [3.8, 4) is 0 Å². The number of fused-ring (bicyclic) bond motifs is 1. The van der Waals surface area contributed by atoms with Gasteiger partial charge in [0.1, 0.15) is 5.82 Å². The predicted octanol–water partition coefficient (Wildman–Crippen LogP) is 3.76. The Kier molecular flexibility index (Phi) is 4.35. The van der Waals surface area contributed by atoms with Crippen LogP contribution in [0.4, 0.5) is 0 Å². The van der Waals surface area contributed by atoms with Gasteiger partial charge in [-0.3, -0.25) is 0 Å². The number of rotatable bonds is 3. The molecule has 3 atom stereocenters. The molecule has 0 aromatic carbocycles. The summed E-state index contributed by atoms with van der Waals surface area (Å²) in [6, 6.07) is 0.452. The molecule has 1 fully saturated rings. The molecule has 0 bridgehead atoms. The zero-order valence-electron chi connectivity index (χ0n) is 12.9. The van der Waals surface area contributed by atoms with Gasteiger partial charge in [0.2, 0.25) is 0 Å². The lowest BCUT2D eigenvalue weighted by Crippen LogP contribution is -2.18. The van der Waals surface area contributed by atoms with E-state index < -0.39 is 0 Å². The molecule has 1 aromatic rings. The van der Waals surface area contributed by atoms with Gasteiger partial charge in [-0.1, -0.05) is 19.8 Å². The molecule has 0 aliphatic heterocycles. The molecule has 2 aliphatic carbocycles. The van der Waals surface area contributed by atoms with Crippen molar-refractivity contribution in [3.63, 3.8) is 0 Å². The zero-order valence-corrected chi connectivity index (χ0v) is 12.9. The van der Waals surface area contributed by atoms with E-state index in [1.54, 1.807) is 0 Å². The molecule has 1 N–H and O–H groups in total. The number of hydrogen-bond donors (Lipinski definition) is 1. The van der Waals surface area contributed by atoms with Crippen LogP contribution in [0.2, 0.25) is 0 Å². The van der Waals surface area contributed by atoms with E-state index in [-0.39, 0.29) is 0 Å². The summed E-state index contributed by atoms with van der Waals surface area (Å²) in [5.74, 6) is 2.63. The van der Waals surface area contributed by atoms with E-state index >= 15 is 0 Å². The third-order valence-electron chi connectivity index (χ3n) is 5.28. The van der Waals surface area contributed by atoms with E-state index in [1.807, 2.05) is 0 Å². The highest BCUT2D eigenvalue weighted by molar-refractivity contribution is 5.24. The lowest BCUT2D eigenvalue weighted by molar-refractivity contribution is 0.514. The van der Waals surface area contributed by atoms with Gasteiger partial charge in [-0.2, -0.15) is 0 Å². The van der Waals surface area contributed by atoms with Gasteiger partial charge in [0.05, 0.1) is 0 Å². The molecule has 3 rings (SSSR count). The van der Waals surface area contributed by atoms with Crippen LogP contribution in [0, 0.1) is 5.92 Å². The largest absolute Gasteiger partial charge is 0.313 e. The van der Waals surface area contributed by atoms with E-state index in [0.29, 0.717) is 12.0 Å². The number of aromatic nitrogens is 2. The quantitative estimate of drug-likeness (QED) is 0.852. The number of nitrogens with zero attached hydrogens (tertiary/aromatic N) is 2. The fourth-order valence-electron chi connectivity index (χ4n) is 3.91. The summed E-state index contributed by atoms with van der Waals surface area (Å²) in [4.78, 5) is 9.70. The second kappa shape index (κ2) is 6.21. The standard InChI is InChI=1S/C17H27N3/c1-3-12-8-9-13(10-12)17-19-11-14-15(18-2)6-4-5-7-16(14)20-17/h11-13,15,18H,3-10H2,1-2H3. The Morgan fingerprint density at radius 2 is 2.15 bits per heavy atom. The minimum atomic E-state index is 0.452. The van der Waals surface area contributed by atoms with E-state index in [4.69, 9.17) is 9.97 Å². The topological polar surface area (TPSA) is 37.8 Å². The van der Waals surface area contributed by atoms with Crippen LogP contribution in [-0.4, -0.2) is 17.0 Å². The molecule has 0 amide bonds. The Hall–Kier alpha value is -0.960. The Morgan fingerprint density at radius 3 is 2.90 bits per heavy atom. The van der Waals surface area contributed by atoms with Gasteiger partial charge in [0.25, 0.3) is 0 Å². The van der Waals surface area contributed by atoms with Crippen LogP contribution < -0.4 is 5.32 Å². The van der Waals surface area contributed by atoms with Gasteiger partial charge in [0, 0.05) is 29.4 Å². The number of aryl methyl sites for hydroxylation is 1. The number of nitrogens with one attached hydrogen (secondary N) is 1. The highest BCUT2D eigenvalue weighted by Crippen LogP contribution is 2.39. The lowest BCUT2D eigenvalue weighted by Gasteiger charge is -2.17. The molecule has 110 valence electrons. The van der Waals surface area contributed by atoms with Crippen LogP contribution in [0.1, 0.15) is 80.9 Å². The Bertz CT molecular complexity index is 458. The summed E-state index contributed by atoms with van der Waals surface area (Å²) in [6.45, 7) is 2.31. The molecule has 0 saturated heterocycles. The number of hydrogen-bond acceptors (Lipinski definition) is 3. The molecule has 3 heteroatoms. The summed E-state index contributed by atoms with van der Waals surface area (Å²) < 4.78 is 0. The van der Waals surface area contributed by atoms with Crippen molar-refractivity contribution in [2.24, 2.45) is 5.92 Å². The Labute approximate surface area is 122 Å². The predicted molar refractivity (Wildman–Crippen MR) is 81.8 cm³/mol. The van der Waals surface area contributed by atoms with Gasteiger partial charge < -0.3 is 5.32 Å². The minimum absolute atomic E-state index is 0.452. The summed E-state index contributed by atoms with van der Waals surface area (Å²) in [5.41, 5.74) is 2.66. The first-order valence-corrected chi connectivity index (χ1v) is 8.34. The summed E-state index contributed by atoms with van der Waals surface area (Å²) in [7, 11) is 2.05. The van der Waals surface area contributed by atoms with E-state index in [0.717, 1.165) is 18.2 Å². The third-order valence-corrected chi connectivity index (χ3v) is 5.28. The molecule has 2 aliphatic rings. The highest BCUT2D eigenvalue weighted by atomic mass is 14.9. The maximum Gasteiger partial charge on any atom is 0.131 e. The first-order valence-electron chi connectivity index (χ1n) is 8.34. The van der Waals surface area contributed by atoms with Gasteiger partial charge in [-0.25, -0.2) is 9.97 Å². The van der Waals surface area contributed by atoms with Crippen molar-refractivity contribution in [1.82, 2.24) is 15.3 Å². The normalized spacial score (nSPS) is 30.0. The Morgan fingerprint density at radius 1 is 1.25 bits per heavy atom. The molecule has 1 heterocycles. The average molecular weight is 273 g/mol. The second-order valence-corrected chi connectivity index (χ2v) is 6.50. The van der Waals surface area contributed by atoms with Crippen LogP contribution in [-0.2, 0) is 6.42 Å². The average Bonchev–Trinajstić information content (AvgIpc) is 2.87. The lowest BCUT2D eigenvalue weighted by atomic mass is 10.0. The molecule has 1 saturated carbocycles. The summed E-state index contributed by atoms with van der Waals surface area (Å²) in [5, 5.41) is 3.43. The van der Waals surface area contributed by atoms with Crippen molar-refractivity contribution >= 4 is 0 Å². The minimum Gasteiger partial charge on any atom is -0.313 e. The summed E-state index contributed by atoms with van der Waals surface area (Å²) in [6.07, 6.45) is 12.3. The maximum absolute atomic E-state index is 4.97. The molecule has 3 nitrogen and oxygen atoms in total. The van der Waals surface area contributed by atoms with E-state index in [2.05, 4.69) is 25.5 Å². The summed E-state index contributed by atoms with van der Waals surface area (Å²) >= 11 is 0. The van der Waals surface area contributed by atoms with Crippen molar-refractivity contribution in [1.29, 1.82) is 0 Å². The Balaban J connectivity index is 1.83. The van der Waals surface area contributed by atoms with Crippen LogP contribution in [0.25, 0.3) is 0 Å². The van der Waals surface area contributed by atoms with Crippen molar-refractivity contribution in [2.45, 2.75) is 70.3 Å². The molecule has 3 unspecified atom stereocenters. The molecular weight excluding hydrogens is 246 g/mol. The first kappa shape index (κ1) is 14.0. The van der Waals surface area contributed by atoms with Crippen molar-refractivity contribution < 1.29 is 0 Å². The second-order valence-electron chi connectivity index (χ2n) is 6.50. The van der Waals surface area contributed by atoms with Crippen molar-refractivity contribution in [2.75, 3.05) is 7.05 Å². The fourth-order valence-corrected chi connectivity index (χ4v) is 3.91. The highest BCUT2D eigenvalue weighted by Gasteiger charge is 2.28. The van der Waals surface area contributed by atoms with Crippen LogP contribution >= 0.6 is 0 Å². The molecule has 0 spiro atoms. The SMILES string of the molecule is CCC1CCC(c2ncc3c(n2)CCCCC3NC)C1. The smallest absolute Gasteiger partial charge is 0.131 e. The monoisotopic (exact) mass is 273 g/mol. The molecular formula is C17H27N3. The van der Waals surface area contributed by atoms with Crippen LogP contribution in [0.5, 0.6) is 0 Å². The first-order chi connectivity index (χ1) is 9.81. The van der Waals surface area contributed by atoms with Gasteiger partial charge in [-0.05, 0) is 51.5 Å². The zero-order chi connectivity index (χ0) is 13.9. The van der Waals surface area contributed by atoms with E-state index in [9.17, 15) is 0 Å². The molecule has 1 aromatic heterocycles. The van der Waals surface area contributed by atoms with Crippen LogP contribution in [0.3, 0.4) is 0 Å². The van der Waals surface area contributed by atoms with Gasteiger partial charge in [0.15, 0.2) is 0 Å². The maximum atomic E-state index is 4.97.